The lowest BCUT2D eigenvalue weighted by Crippen LogP contribution is -2.41. The second-order valence-electron chi connectivity index (χ2n) is 5.34. The summed E-state index contributed by atoms with van der Waals surface area (Å²) in [6, 6.07) is 2.74. The van der Waals surface area contributed by atoms with E-state index < -0.39 is 0 Å². The van der Waals surface area contributed by atoms with Gasteiger partial charge in [-0.05, 0) is 50.0 Å². The van der Waals surface area contributed by atoms with Gasteiger partial charge in [0.2, 0.25) is 0 Å². The van der Waals surface area contributed by atoms with E-state index >= 15 is 0 Å². The Morgan fingerprint density at radius 1 is 1.44 bits per heavy atom. The van der Waals surface area contributed by atoms with Crippen molar-refractivity contribution in [3.63, 3.8) is 0 Å². The first-order valence-electron chi connectivity index (χ1n) is 6.66. The van der Waals surface area contributed by atoms with E-state index in [1.807, 2.05) is 11.4 Å². The Kier molecular flexibility index (Phi) is 3.06. The van der Waals surface area contributed by atoms with Gasteiger partial charge in [0.15, 0.2) is 0 Å². The molecule has 0 aromatic carbocycles. The highest BCUT2D eigenvalue weighted by Gasteiger charge is 2.42. The zero-order valence-electron chi connectivity index (χ0n) is 10.9. The van der Waals surface area contributed by atoms with Crippen LogP contribution in [0.25, 0.3) is 0 Å². The Balaban J connectivity index is 1.83. The lowest BCUT2D eigenvalue weighted by molar-refractivity contribution is 0.0656. The molecule has 18 heavy (non-hydrogen) atoms. The maximum Gasteiger partial charge on any atom is 0.268 e. The minimum absolute atomic E-state index is 0.170. The van der Waals surface area contributed by atoms with E-state index in [1.54, 1.807) is 7.11 Å². The van der Waals surface area contributed by atoms with Crippen molar-refractivity contribution >= 4 is 17.2 Å². The van der Waals surface area contributed by atoms with Crippen molar-refractivity contribution in [3.8, 4) is 5.75 Å². The van der Waals surface area contributed by atoms with E-state index in [2.05, 4.69) is 11.8 Å². The van der Waals surface area contributed by atoms with Crippen molar-refractivity contribution in [3.05, 3.63) is 16.3 Å². The summed E-state index contributed by atoms with van der Waals surface area (Å²) in [6.07, 6.45) is 4.88. The number of rotatable bonds is 5. The summed E-state index contributed by atoms with van der Waals surface area (Å²) in [5.74, 6) is 1.61. The number of carbonyl (C=O) groups is 1. The highest BCUT2D eigenvalue weighted by atomic mass is 32.1. The number of methoxy groups -OCH3 is 1. The summed E-state index contributed by atoms with van der Waals surface area (Å²) in [7, 11) is 1.63. The van der Waals surface area contributed by atoms with Crippen LogP contribution >= 0.6 is 11.3 Å². The molecule has 1 amide bonds. The van der Waals surface area contributed by atoms with Crippen LogP contribution in [0.15, 0.2) is 11.4 Å². The second kappa shape index (κ2) is 4.57. The Bertz CT molecular complexity index is 448. The standard InChI is InChI=1S/C14H19NO2S/c1-9(10-3-4-10)15(11-5-6-11)14(16)13-12(17-2)7-8-18-13/h7-11H,3-6H2,1-2H3/t9-/m0/s1. The molecule has 2 fully saturated rings. The SMILES string of the molecule is COc1ccsc1C(=O)N(C1CC1)[C@@H](C)C1CC1. The largest absolute Gasteiger partial charge is 0.495 e. The molecule has 0 bridgehead atoms. The molecule has 1 atom stereocenters. The lowest BCUT2D eigenvalue weighted by Gasteiger charge is -2.29. The van der Waals surface area contributed by atoms with Crippen LogP contribution < -0.4 is 4.74 Å². The third-order valence-corrected chi connectivity index (χ3v) is 4.84. The number of nitrogens with zero attached hydrogens (tertiary/aromatic N) is 1. The van der Waals surface area contributed by atoms with Gasteiger partial charge in [-0.2, -0.15) is 0 Å². The molecule has 2 aliphatic rings. The predicted molar refractivity (Wildman–Crippen MR) is 72.2 cm³/mol. The molecule has 0 spiro atoms. The van der Waals surface area contributed by atoms with Gasteiger partial charge in [-0.25, -0.2) is 0 Å². The molecule has 3 nitrogen and oxygen atoms in total. The van der Waals surface area contributed by atoms with Crippen LogP contribution in [0.4, 0.5) is 0 Å². The van der Waals surface area contributed by atoms with Crippen LogP contribution in [-0.2, 0) is 0 Å². The fraction of sp³-hybridized carbons (Fsp3) is 0.643. The van der Waals surface area contributed by atoms with Gasteiger partial charge >= 0.3 is 0 Å². The van der Waals surface area contributed by atoms with Crippen molar-refractivity contribution in [2.24, 2.45) is 5.92 Å². The van der Waals surface area contributed by atoms with E-state index in [0.717, 1.165) is 29.4 Å². The quantitative estimate of drug-likeness (QED) is 0.818. The average Bonchev–Trinajstić information content (AvgIpc) is 3.27. The fourth-order valence-electron chi connectivity index (χ4n) is 2.57. The van der Waals surface area contributed by atoms with Crippen molar-refractivity contribution in [1.82, 2.24) is 4.90 Å². The fourth-order valence-corrected chi connectivity index (χ4v) is 3.37. The van der Waals surface area contributed by atoms with Gasteiger partial charge in [0, 0.05) is 12.1 Å². The van der Waals surface area contributed by atoms with Crippen molar-refractivity contribution in [2.75, 3.05) is 7.11 Å². The summed E-state index contributed by atoms with van der Waals surface area (Å²) in [4.78, 5) is 15.6. The molecule has 4 heteroatoms. The molecule has 0 aliphatic heterocycles. The first kappa shape index (κ1) is 12.0. The molecule has 3 rings (SSSR count). The number of thiophene rings is 1. The lowest BCUT2D eigenvalue weighted by atomic mass is 10.1. The Hall–Kier alpha value is -1.03. The summed E-state index contributed by atoms with van der Waals surface area (Å²) in [6.45, 7) is 2.20. The summed E-state index contributed by atoms with van der Waals surface area (Å²) in [5, 5.41) is 1.93. The molecule has 2 aliphatic carbocycles. The van der Waals surface area contributed by atoms with Gasteiger partial charge in [0.1, 0.15) is 10.6 Å². The first-order valence-corrected chi connectivity index (χ1v) is 7.54. The number of carbonyl (C=O) groups excluding carboxylic acids is 1. The maximum absolute atomic E-state index is 12.7. The molecule has 0 N–H and O–H groups in total. The molecule has 0 unspecified atom stereocenters. The highest BCUT2D eigenvalue weighted by molar-refractivity contribution is 7.12. The first-order chi connectivity index (χ1) is 8.72. The van der Waals surface area contributed by atoms with Crippen molar-refractivity contribution in [2.45, 2.75) is 44.7 Å². The number of hydrogen-bond acceptors (Lipinski definition) is 3. The number of ether oxygens (including phenoxy) is 1. The topological polar surface area (TPSA) is 29.5 Å². The van der Waals surface area contributed by atoms with Crippen LogP contribution in [0.1, 0.15) is 42.3 Å². The minimum atomic E-state index is 0.170. The minimum Gasteiger partial charge on any atom is -0.495 e. The number of amides is 1. The Labute approximate surface area is 112 Å². The van der Waals surface area contributed by atoms with Crippen LogP contribution in [0.3, 0.4) is 0 Å². The molecular weight excluding hydrogens is 246 g/mol. The van der Waals surface area contributed by atoms with Crippen LogP contribution in [-0.4, -0.2) is 30.0 Å². The Morgan fingerprint density at radius 2 is 2.17 bits per heavy atom. The van der Waals surface area contributed by atoms with Crippen LogP contribution in [0, 0.1) is 5.92 Å². The third kappa shape index (κ3) is 2.14. The highest BCUT2D eigenvalue weighted by Crippen LogP contribution is 2.41. The van der Waals surface area contributed by atoms with E-state index in [1.165, 1.54) is 24.2 Å². The van der Waals surface area contributed by atoms with Crippen LogP contribution in [0.5, 0.6) is 5.75 Å². The monoisotopic (exact) mass is 265 g/mol. The summed E-state index contributed by atoms with van der Waals surface area (Å²) in [5.41, 5.74) is 0. The summed E-state index contributed by atoms with van der Waals surface area (Å²) < 4.78 is 5.28. The molecule has 2 saturated carbocycles. The predicted octanol–water partition coefficient (Wildman–Crippen LogP) is 3.16. The second-order valence-corrected chi connectivity index (χ2v) is 6.26. The number of hydrogen-bond donors (Lipinski definition) is 0. The van der Waals surface area contributed by atoms with Gasteiger partial charge in [0.05, 0.1) is 7.11 Å². The average molecular weight is 265 g/mol. The smallest absolute Gasteiger partial charge is 0.268 e. The zero-order valence-corrected chi connectivity index (χ0v) is 11.7. The molecule has 1 aromatic heterocycles. The molecule has 98 valence electrons. The van der Waals surface area contributed by atoms with E-state index in [9.17, 15) is 4.79 Å². The Morgan fingerprint density at radius 3 is 2.72 bits per heavy atom. The van der Waals surface area contributed by atoms with Gasteiger partial charge in [-0.1, -0.05) is 0 Å². The maximum atomic E-state index is 12.7. The third-order valence-electron chi connectivity index (χ3n) is 3.96. The molecule has 1 aromatic rings. The van der Waals surface area contributed by atoms with Crippen molar-refractivity contribution in [1.29, 1.82) is 0 Å². The van der Waals surface area contributed by atoms with Gasteiger partial charge in [-0.15, -0.1) is 11.3 Å². The van der Waals surface area contributed by atoms with Gasteiger partial charge in [0.25, 0.3) is 5.91 Å². The summed E-state index contributed by atoms with van der Waals surface area (Å²) >= 11 is 1.49. The van der Waals surface area contributed by atoms with E-state index in [4.69, 9.17) is 4.74 Å². The molecule has 0 saturated heterocycles. The van der Waals surface area contributed by atoms with Gasteiger partial charge < -0.3 is 9.64 Å². The van der Waals surface area contributed by atoms with E-state index in [-0.39, 0.29) is 5.91 Å². The van der Waals surface area contributed by atoms with Crippen molar-refractivity contribution < 1.29 is 9.53 Å². The van der Waals surface area contributed by atoms with E-state index in [0.29, 0.717) is 12.1 Å². The van der Waals surface area contributed by atoms with Crippen LogP contribution in [0.2, 0.25) is 0 Å². The molecule has 1 heterocycles. The van der Waals surface area contributed by atoms with Gasteiger partial charge in [-0.3, -0.25) is 4.79 Å². The molecule has 0 radical (unpaired) electrons. The zero-order chi connectivity index (χ0) is 12.7. The molecular formula is C14H19NO2S. The normalized spacial score (nSPS) is 20.6.